The maximum Gasteiger partial charge on any atom is 0.0320 e. The third-order valence-corrected chi connectivity index (χ3v) is 3.80. The highest BCUT2D eigenvalue weighted by Crippen LogP contribution is 2.25. The summed E-state index contributed by atoms with van der Waals surface area (Å²) in [6.07, 6.45) is 5.24. The Morgan fingerprint density at radius 3 is 2.61 bits per heavy atom. The zero-order chi connectivity index (χ0) is 12.8. The van der Waals surface area contributed by atoms with Crippen LogP contribution in [0.1, 0.15) is 44.2 Å². The van der Waals surface area contributed by atoms with Crippen LogP contribution in [0.3, 0.4) is 0 Å². The second kappa shape index (κ2) is 6.91. The number of rotatable bonds is 8. The topological polar surface area (TPSA) is 15.3 Å². The molecule has 18 heavy (non-hydrogen) atoms. The molecule has 0 radical (unpaired) electrons. The minimum absolute atomic E-state index is 0.517. The first-order valence-electron chi connectivity index (χ1n) is 7.30. The van der Waals surface area contributed by atoms with Gasteiger partial charge in [-0.2, -0.15) is 0 Å². The van der Waals surface area contributed by atoms with Crippen molar-refractivity contribution in [1.82, 2.24) is 10.2 Å². The molecule has 1 aromatic rings. The number of hydrogen-bond donors (Lipinski definition) is 1. The van der Waals surface area contributed by atoms with Gasteiger partial charge in [-0.1, -0.05) is 43.7 Å². The second-order valence-electron chi connectivity index (χ2n) is 5.42. The van der Waals surface area contributed by atoms with Gasteiger partial charge in [-0.05, 0) is 31.9 Å². The zero-order valence-corrected chi connectivity index (χ0v) is 11.7. The number of likely N-dealkylation sites (N-methyl/N-ethyl adjacent to an activating group) is 1. The summed E-state index contributed by atoms with van der Waals surface area (Å²) in [7, 11) is 2.25. The van der Waals surface area contributed by atoms with E-state index >= 15 is 0 Å². The molecule has 1 aliphatic carbocycles. The quantitative estimate of drug-likeness (QED) is 0.757. The average molecular weight is 246 g/mol. The molecule has 0 amide bonds. The molecule has 2 rings (SSSR count). The van der Waals surface area contributed by atoms with E-state index in [4.69, 9.17) is 0 Å². The SMILES string of the molecule is CCCC(NCCN(C)C1CC1)c1ccccc1. The molecular weight excluding hydrogens is 220 g/mol. The predicted octanol–water partition coefficient (Wildman–Crippen LogP) is 3.21. The van der Waals surface area contributed by atoms with E-state index < -0.39 is 0 Å². The van der Waals surface area contributed by atoms with Crippen LogP contribution in [0.4, 0.5) is 0 Å². The maximum atomic E-state index is 3.71. The molecular formula is C16H26N2. The Kier molecular flexibility index (Phi) is 5.21. The van der Waals surface area contributed by atoms with Crippen LogP contribution in [0.2, 0.25) is 0 Å². The highest BCUT2D eigenvalue weighted by molar-refractivity contribution is 5.18. The van der Waals surface area contributed by atoms with Gasteiger partial charge in [-0.3, -0.25) is 0 Å². The van der Waals surface area contributed by atoms with Gasteiger partial charge in [-0.25, -0.2) is 0 Å². The summed E-state index contributed by atoms with van der Waals surface area (Å²) in [5, 5.41) is 3.71. The Bertz CT molecular complexity index is 332. The zero-order valence-electron chi connectivity index (χ0n) is 11.7. The Labute approximate surface area is 111 Å². The standard InChI is InChI=1S/C16H26N2/c1-3-7-16(14-8-5-4-6-9-14)17-12-13-18(2)15-10-11-15/h4-6,8-9,15-17H,3,7,10-13H2,1-2H3. The van der Waals surface area contributed by atoms with Gasteiger partial charge < -0.3 is 10.2 Å². The second-order valence-corrected chi connectivity index (χ2v) is 5.42. The monoisotopic (exact) mass is 246 g/mol. The summed E-state index contributed by atoms with van der Waals surface area (Å²) in [6, 6.07) is 12.2. The Hall–Kier alpha value is -0.860. The molecule has 0 aliphatic heterocycles. The van der Waals surface area contributed by atoms with Crippen LogP contribution in [-0.4, -0.2) is 31.1 Å². The van der Waals surface area contributed by atoms with Crippen molar-refractivity contribution in [2.24, 2.45) is 0 Å². The summed E-state index contributed by atoms with van der Waals surface area (Å²) in [6.45, 7) is 4.51. The summed E-state index contributed by atoms with van der Waals surface area (Å²) < 4.78 is 0. The molecule has 2 nitrogen and oxygen atoms in total. The fourth-order valence-electron chi connectivity index (χ4n) is 2.47. The minimum atomic E-state index is 0.517. The van der Waals surface area contributed by atoms with Crippen LogP contribution in [0.5, 0.6) is 0 Å². The first-order valence-corrected chi connectivity index (χ1v) is 7.30. The summed E-state index contributed by atoms with van der Waals surface area (Å²) >= 11 is 0. The molecule has 1 saturated carbocycles. The third-order valence-electron chi connectivity index (χ3n) is 3.80. The normalized spacial score (nSPS) is 17.1. The lowest BCUT2D eigenvalue weighted by Crippen LogP contribution is -2.32. The number of hydrogen-bond acceptors (Lipinski definition) is 2. The number of nitrogens with one attached hydrogen (secondary N) is 1. The van der Waals surface area contributed by atoms with Crippen molar-refractivity contribution < 1.29 is 0 Å². The average Bonchev–Trinajstić information content (AvgIpc) is 3.23. The van der Waals surface area contributed by atoms with Crippen LogP contribution in [0.15, 0.2) is 30.3 Å². The molecule has 0 bridgehead atoms. The van der Waals surface area contributed by atoms with E-state index in [0.717, 1.165) is 19.1 Å². The molecule has 2 heteroatoms. The molecule has 1 fully saturated rings. The molecule has 0 saturated heterocycles. The van der Waals surface area contributed by atoms with Crippen LogP contribution in [0, 0.1) is 0 Å². The smallest absolute Gasteiger partial charge is 0.0320 e. The van der Waals surface area contributed by atoms with E-state index in [9.17, 15) is 0 Å². The Morgan fingerprint density at radius 1 is 1.28 bits per heavy atom. The molecule has 1 aliphatic rings. The maximum absolute atomic E-state index is 3.71. The van der Waals surface area contributed by atoms with Crippen molar-refractivity contribution in [3.63, 3.8) is 0 Å². The first-order chi connectivity index (χ1) is 8.81. The van der Waals surface area contributed by atoms with E-state index in [1.54, 1.807) is 0 Å². The lowest BCUT2D eigenvalue weighted by atomic mass is 10.0. The number of nitrogens with zero attached hydrogens (tertiary/aromatic N) is 1. The highest BCUT2D eigenvalue weighted by Gasteiger charge is 2.25. The Morgan fingerprint density at radius 2 is 2.00 bits per heavy atom. The van der Waals surface area contributed by atoms with E-state index in [1.807, 2.05) is 0 Å². The fourth-order valence-corrected chi connectivity index (χ4v) is 2.47. The van der Waals surface area contributed by atoms with Crippen molar-refractivity contribution in [2.45, 2.75) is 44.7 Å². The highest BCUT2D eigenvalue weighted by atomic mass is 15.2. The van der Waals surface area contributed by atoms with E-state index in [-0.39, 0.29) is 0 Å². The van der Waals surface area contributed by atoms with Crippen LogP contribution < -0.4 is 5.32 Å². The van der Waals surface area contributed by atoms with Gasteiger partial charge in [0.2, 0.25) is 0 Å². The van der Waals surface area contributed by atoms with Crippen molar-refractivity contribution in [2.75, 3.05) is 20.1 Å². The van der Waals surface area contributed by atoms with Gasteiger partial charge in [0.05, 0.1) is 0 Å². The molecule has 100 valence electrons. The van der Waals surface area contributed by atoms with Gasteiger partial charge in [-0.15, -0.1) is 0 Å². The molecule has 0 aromatic heterocycles. The lowest BCUT2D eigenvalue weighted by Gasteiger charge is -2.21. The number of benzene rings is 1. The Balaban J connectivity index is 1.78. The van der Waals surface area contributed by atoms with E-state index in [2.05, 4.69) is 54.5 Å². The molecule has 0 spiro atoms. The largest absolute Gasteiger partial charge is 0.309 e. The van der Waals surface area contributed by atoms with Crippen molar-refractivity contribution in [1.29, 1.82) is 0 Å². The molecule has 1 atom stereocenters. The minimum Gasteiger partial charge on any atom is -0.309 e. The summed E-state index contributed by atoms with van der Waals surface area (Å²) in [4.78, 5) is 2.49. The van der Waals surface area contributed by atoms with Gasteiger partial charge in [0, 0.05) is 25.2 Å². The van der Waals surface area contributed by atoms with Gasteiger partial charge in [0.15, 0.2) is 0 Å². The first kappa shape index (κ1) is 13.6. The van der Waals surface area contributed by atoms with Crippen LogP contribution in [-0.2, 0) is 0 Å². The van der Waals surface area contributed by atoms with Crippen LogP contribution >= 0.6 is 0 Å². The van der Waals surface area contributed by atoms with E-state index in [1.165, 1.54) is 31.2 Å². The molecule has 1 unspecified atom stereocenters. The van der Waals surface area contributed by atoms with Crippen molar-refractivity contribution in [3.8, 4) is 0 Å². The third kappa shape index (κ3) is 4.11. The lowest BCUT2D eigenvalue weighted by molar-refractivity contribution is 0.312. The fraction of sp³-hybridized carbons (Fsp3) is 0.625. The molecule has 1 aromatic carbocycles. The van der Waals surface area contributed by atoms with E-state index in [0.29, 0.717) is 6.04 Å². The molecule has 1 N–H and O–H groups in total. The summed E-state index contributed by atoms with van der Waals surface area (Å²) in [5.41, 5.74) is 1.42. The van der Waals surface area contributed by atoms with Crippen molar-refractivity contribution >= 4 is 0 Å². The van der Waals surface area contributed by atoms with Gasteiger partial charge in [0.25, 0.3) is 0 Å². The predicted molar refractivity (Wildman–Crippen MR) is 77.7 cm³/mol. The van der Waals surface area contributed by atoms with Crippen molar-refractivity contribution in [3.05, 3.63) is 35.9 Å². The van der Waals surface area contributed by atoms with Gasteiger partial charge in [0.1, 0.15) is 0 Å². The van der Waals surface area contributed by atoms with Gasteiger partial charge >= 0.3 is 0 Å². The molecule has 0 heterocycles. The summed E-state index contributed by atoms with van der Waals surface area (Å²) in [5.74, 6) is 0. The van der Waals surface area contributed by atoms with Crippen LogP contribution in [0.25, 0.3) is 0 Å².